The molecule has 0 spiro atoms. The van der Waals surface area contributed by atoms with Crippen LogP contribution in [-0.2, 0) is 14.3 Å². The summed E-state index contributed by atoms with van der Waals surface area (Å²) in [5.74, 6) is -0.825. The second-order valence-electron chi connectivity index (χ2n) is 4.19. The molecule has 2 rings (SSSR count). The first kappa shape index (κ1) is 13.0. The maximum absolute atomic E-state index is 11.9. The number of halogens is 1. The average Bonchev–Trinajstić information content (AvgIpc) is 2.70. The summed E-state index contributed by atoms with van der Waals surface area (Å²) in [5, 5.41) is 0. The van der Waals surface area contributed by atoms with E-state index in [1.165, 1.54) is 7.11 Å². The van der Waals surface area contributed by atoms with E-state index in [2.05, 4.69) is 25.7 Å². The number of aryl methyl sites for hydroxylation is 1. The maximum atomic E-state index is 11.9. The number of carbonyl (C=O) groups excluding carboxylic acids is 2. The number of amides is 1. The molecule has 1 unspecified atom stereocenters. The van der Waals surface area contributed by atoms with Gasteiger partial charge in [-0.05, 0) is 35.0 Å². The van der Waals surface area contributed by atoms with E-state index in [-0.39, 0.29) is 18.3 Å². The van der Waals surface area contributed by atoms with Crippen LogP contribution in [0, 0.1) is 12.8 Å². The molecule has 0 bridgehead atoms. The van der Waals surface area contributed by atoms with Gasteiger partial charge in [-0.15, -0.1) is 0 Å². The van der Waals surface area contributed by atoms with Gasteiger partial charge < -0.3 is 9.64 Å². The number of esters is 1. The number of ether oxygens (including phenoxy) is 1. The molecule has 0 radical (unpaired) electrons. The van der Waals surface area contributed by atoms with Crippen LogP contribution in [0.4, 0.5) is 5.69 Å². The van der Waals surface area contributed by atoms with Gasteiger partial charge in [0, 0.05) is 18.7 Å². The molecule has 0 aromatic carbocycles. The molecule has 5 nitrogen and oxygen atoms in total. The zero-order valence-corrected chi connectivity index (χ0v) is 11.7. The van der Waals surface area contributed by atoms with E-state index >= 15 is 0 Å². The van der Waals surface area contributed by atoms with Crippen molar-refractivity contribution in [2.24, 2.45) is 5.92 Å². The van der Waals surface area contributed by atoms with Crippen molar-refractivity contribution >= 4 is 33.5 Å². The molecule has 1 aromatic heterocycles. The summed E-state index contributed by atoms with van der Waals surface area (Å²) in [7, 11) is 1.33. The van der Waals surface area contributed by atoms with Crippen molar-refractivity contribution in [3.8, 4) is 0 Å². The third-order valence-corrected chi connectivity index (χ3v) is 3.50. The van der Waals surface area contributed by atoms with Crippen LogP contribution in [0.5, 0.6) is 0 Å². The number of methoxy groups -OCH3 is 1. The monoisotopic (exact) mass is 312 g/mol. The van der Waals surface area contributed by atoms with Gasteiger partial charge in [0.1, 0.15) is 4.60 Å². The number of carbonyl (C=O) groups is 2. The molecular weight excluding hydrogens is 300 g/mol. The number of hydrogen-bond donors (Lipinski definition) is 0. The predicted molar refractivity (Wildman–Crippen MR) is 69.2 cm³/mol. The molecule has 0 aliphatic carbocycles. The first-order valence-electron chi connectivity index (χ1n) is 5.54. The van der Waals surface area contributed by atoms with Crippen LogP contribution in [0.15, 0.2) is 16.7 Å². The Hall–Kier alpha value is -1.43. The van der Waals surface area contributed by atoms with Crippen molar-refractivity contribution in [3.63, 3.8) is 0 Å². The third-order valence-electron chi connectivity index (χ3n) is 2.92. The Morgan fingerprint density at radius 1 is 1.56 bits per heavy atom. The normalized spacial score (nSPS) is 19.2. The van der Waals surface area contributed by atoms with Crippen LogP contribution in [0.25, 0.3) is 0 Å². The highest BCUT2D eigenvalue weighted by Crippen LogP contribution is 2.30. The molecular formula is C12H13BrN2O3. The van der Waals surface area contributed by atoms with E-state index in [4.69, 9.17) is 0 Å². The van der Waals surface area contributed by atoms with Crippen molar-refractivity contribution in [3.05, 3.63) is 22.4 Å². The minimum absolute atomic E-state index is 0.0863. The van der Waals surface area contributed by atoms with Gasteiger partial charge in [0.15, 0.2) is 0 Å². The lowest BCUT2D eigenvalue weighted by atomic mass is 10.1. The fraction of sp³-hybridized carbons (Fsp3) is 0.417. The zero-order chi connectivity index (χ0) is 13.3. The SMILES string of the molecule is COC(=O)C1CC(=O)N(c2ccc(C)nc2Br)C1. The number of pyridine rings is 1. The second-order valence-corrected chi connectivity index (χ2v) is 4.94. The van der Waals surface area contributed by atoms with Crippen LogP contribution in [0.2, 0.25) is 0 Å². The number of hydrogen-bond acceptors (Lipinski definition) is 4. The van der Waals surface area contributed by atoms with E-state index in [9.17, 15) is 9.59 Å². The Balaban J connectivity index is 2.24. The molecule has 1 fully saturated rings. The zero-order valence-electron chi connectivity index (χ0n) is 10.1. The summed E-state index contributed by atoms with van der Waals surface area (Å²) >= 11 is 3.34. The number of aromatic nitrogens is 1. The van der Waals surface area contributed by atoms with Crippen LogP contribution < -0.4 is 4.90 Å². The summed E-state index contributed by atoms with van der Waals surface area (Å²) in [4.78, 5) is 29.2. The molecule has 1 amide bonds. The highest BCUT2D eigenvalue weighted by Gasteiger charge is 2.36. The Morgan fingerprint density at radius 2 is 2.28 bits per heavy atom. The molecule has 0 saturated carbocycles. The largest absolute Gasteiger partial charge is 0.469 e. The lowest BCUT2D eigenvalue weighted by Gasteiger charge is -2.17. The average molecular weight is 313 g/mol. The van der Waals surface area contributed by atoms with Crippen molar-refractivity contribution < 1.29 is 14.3 Å². The standard InChI is InChI=1S/C12H13BrN2O3/c1-7-3-4-9(11(13)14-7)15-6-8(5-10(15)16)12(17)18-2/h3-4,8H,5-6H2,1-2H3. The van der Waals surface area contributed by atoms with Gasteiger partial charge in [-0.25, -0.2) is 4.98 Å². The summed E-state index contributed by atoms with van der Waals surface area (Å²) < 4.78 is 5.28. The summed E-state index contributed by atoms with van der Waals surface area (Å²) in [5.41, 5.74) is 1.55. The fourth-order valence-corrected chi connectivity index (χ4v) is 2.61. The van der Waals surface area contributed by atoms with E-state index in [1.54, 1.807) is 4.90 Å². The van der Waals surface area contributed by atoms with Gasteiger partial charge in [0.2, 0.25) is 5.91 Å². The Labute approximate surface area is 113 Å². The molecule has 6 heteroatoms. The Morgan fingerprint density at radius 3 is 2.89 bits per heavy atom. The lowest BCUT2D eigenvalue weighted by Crippen LogP contribution is -2.26. The number of nitrogens with zero attached hydrogens (tertiary/aromatic N) is 2. The highest BCUT2D eigenvalue weighted by atomic mass is 79.9. The van der Waals surface area contributed by atoms with Gasteiger partial charge in [-0.2, -0.15) is 0 Å². The Kier molecular flexibility index (Phi) is 3.65. The molecule has 1 saturated heterocycles. The summed E-state index contributed by atoms with van der Waals surface area (Å²) in [6.07, 6.45) is 0.187. The van der Waals surface area contributed by atoms with Crippen molar-refractivity contribution in [1.29, 1.82) is 0 Å². The predicted octanol–water partition coefficient (Wildman–Crippen LogP) is 1.68. The van der Waals surface area contributed by atoms with Crippen LogP contribution >= 0.6 is 15.9 Å². The van der Waals surface area contributed by atoms with E-state index in [1.807, 2.05) is 19.1 Å². The molecule has 2 heterocycles. The van der Waals surface area contributed by atoms with Crippen molar-refractivity contribution in [2.45, 2.75) is 13.3 Å². The highest BCUT2D eigenvalue weighted by molar-refractivity contribution is 9.10. The van der Waals surface area contributed by atoms with E-state index in [0.717, 1.165) is 5.69 Å². The first-order valence-corrected chi connectivity index (χ1v) is 6.33. The quantitative estimate of drug-likeness (QED) is 0.616. The third kappa shape index (κ3) is 2.38. The minimum atomic E-state index is -0.393. The smallest absolute Gasteiger partial charge is 0.311 e. The van der Waals surface area contributed by atoms with Gasteiger partial charge in [0.05, 0.1) is 18.7 Å². The number of anilines is 1. The van der Waals surface area contributed by atoms with E-state index < -0.39 is 5.92 Å². The van der Waals surface area contributed by atoms with E-state index in [0.29, 0.717) is 16.8 Å². The fourth-order valence-electron chi connectivity index (χ4n) is 1.98. The molecule has 1 aliphatic rings. The molecule has 1 aliphatic heterocycles. The van der Waals surface area contributed by atoms with Crippen LogP contribution in [-0.4, -0.2) is 30.5 Å². The molecule has 18 heavy (non-hydrogen) atoms. The van der Waals surface area contributed by atoms with Gasteiger partial charge in [-0.3, -0.25) is 9.59 Å². The topological polar surface area (TPSA) is 59.5 Å². The van der Waals surface area contributed by atoms with Crippen molar-refractivity contribution in [2.75, 3.05) is 18.6 Å². The van der Waals surface area contributed by atoms with Crippen LogP contribution in [0.3, 0.4) is 0 Å². The second kappa shape index (κ2) is 5.06. The molecule has 1 aromatic rings. The minimum Gasteiger partial charge on any atom is -0.469 e. The Bertz CT molecular complexity index is 504. The lowest BCUT2D eigenvalue weighted by molar-refractivity contribution is -0.145. The van der Waals surface area contributed by atoms with Crippen molar-refractivity contribution in [1.82, 2.24) is 4.98 Å². The molecule has 0 N–H and O–H groups in total. The van der Waals surface area contributed by atoms with Crippen LogP contribution in [0.1, 0.15) is 12.1 Å². The number of rotatable bonds is 2. The van der Waals surface area contributed by atoms with Gasteiger partial charge in [-0.1, -0.05) is 0 Å². The van der Waals surface area contributed by atoms with Gasteiger partial charge >= 0.3 is 5.97 Å². The molecule has 96 valence electrons. The van der Waals surface area contributed by atoms with Gasteiger partial charge in [0.25, 0.3) is 0 Å². The molecule has 1 atom stereocenters. The first-order chi connectivity index (χ1) is 8.52. The summed E-state index contributed by atoms with van der Waals surface area (Å²) in [6, 6.07) is 3.66. The summed E-state index contributed by atoms with van der Waals surface area (Å²) in [6.45, 7) is 2.21. The maximum Gasteiger partial charge on any atom is 0.311 e.